The van der Waals surface area contributed by atoms with Crippen molar-refractivity contribution in [2.24, 2.45) is 7.05 Å². The number of aryl methyl sites for hydroxylation is 1. The molecular weight excluding hydrogens is 470 g/mol. The Balaban J connectivity index is 1.37. The van der Waals surface area contributed by atoms with Crippen LogP contribution in [-0.4, -0.2) is 45.5 Å². The summed E-state index contributed by atoms with van der Waals surface area (Å²) < 4.78 is 31.9. The van der Waals surface area contributed by atoms with Crippen LogP contribution in [-0.2, 0) is 23.4 Å². The predicted molar refractivity (Wildman–Crippen MR) is 127 cm³/mol. The molecule has 0 unspecified atom stereocenters. The number of nitrogens with one attached hydrogen (secondary N) is 1. The lowest BCUT2D eigenvalue weighted by molar-refractivity contribution is 0.0949. The van der Waals surface area contributed by atoms with Gasteiger partial charge in [0.1, 0.15) is 34.2 Å². The van der Waals surface area contributed by atoms with E-state index in [4.69, 9.17) is 10.00 Å². The fraction of sp³-hybridized carbons (Fsp3) is 0.375. The minimum absolute atomic E-state index is 0.00694. The minimum atomic E-state index is -3.24. The lowest BCUT2D eigenvalue weighted by Crippen LogP contribution is -2.34. The largest absolute Gasteiger partial charge is 0.474 e. The SMILES string of the molecule is Cn1c(=O)c(C(=O)NCc2ccc(C#N)nc2)cc2ccnc(OCC3(S(=O)(=O)C4CC4)CC3)c21. The van der Waals surface area contributed by atoms with Crippen molar-refractivity contribution in [1.82, 2.24) is 19.9 Å². The first-order valence-corrected chi connectivity index (χ1v) is 12.8. The Hall–Kier alpha value is -3.78. The average Bonchev–Trinajstić information content (AvgIpc) is 3.77. The number of pyridine rings is 3. The molecule has 3 aromatic heterocycles. The maximum Gasteiger partial charge on any atom is 0.263 e. The maximum atomic E-state index is 13.0. The second kappa shape index (κ2) is 8.46. The number of ether oxygens (including phenoxy) is 1. The number of nitrogens with zero attached hydrogens (tertiary/aromatic N) is 4. The Morgan fingerprint density at radius 3 is 2.69 bits per heavy atom. The highest BCUT2D eigenvalue weighted by molar-refractivity contribution is 7.94. The summed E-state index contributed by atoms with van der Waals surface area (Å²) in [4.78, 5) is 34.0. The van der Waals surface area contributed by atoms with Gasteiger partial charge in [-0.3, -0.25) is 9.59 Å². The van der Waals surface area contributed by atoms with Crippen molar-refractivity contribution in [2.45, 2.75) is 42.2 Å². The second-order valence-electron chi connectivity index (χ2n) is 9.04. The van der Waals surface area contributed by atoms with Crippen LogP contribution in [0.1, 0.15) is 47.3 Å². The number of amides is 1. The topological polar surface area (TPSA) is 144 Å². The lowest BCUT2D eigenvalue weighted by Gasteiger charge is -2.18. The average molecular weight is 494 g/mol. The van der Waals surface area contributed by atoms with E-state index < -0.39 is 26.1 Å². The number of carbonyl (C=O) groups excluding carboxylic acids is 1. The van der Waals surface area contributed by atoms with E-state index in [1.807, 2.05) is 6.07 Å². The number of sulfone groups is 1. The molecule has 0 aromatic carbocycles. The molecule has 1 amide bonds. The third kappa shape index (κ3) is 4.14. The Kier molecular flexibility index (Phi) is 5.56. The zero-order valence-corrected chi connectivity index (χ0v) is 19.8. The van der Waals surface area contributed by atoms with E-state index in [0.29, 0.717) is 42.1 Å². The number of nitriles is 1. The van der Waals surface area contributed by atoms with Crippen LogP contribution in [0.15, 0.2) is 41.5 Å². The Morgan fingerprint density at radius 2 is 2.06 bits per heavy atom. The van der Waals surface area contributed by atoms with Gasteiger partial charge in [0.05, 0.1) is 5.25 Å². The van der Waals surface area contributed by atoms with Crippen LogP contribution in [0.3, 0.4) is 0 Å². The molecule has 0 bridgehead atoms. The molecular formula is C24H23N5O5S. The van der Waals surface area contributed by atoms with Gasteiger partial charge in [-0.05, 0) is 49.4 Å². The van der Waals surface area contributed by atoms with Crippen molar-refractivity contribution in [1.29, 1.82) is 5.26 Å². The lowest BCUT2D eigenvalue weighted by atomic mass is 10.1. The first kappa shape index (κ1) is 23.0. The van der Waals surface area contributed by atoms with E-state index in [-0.39, 0.29) is 35.5 Å². The van der Waals surface area contributed by atoms with Gasteiger partial charge in [0.15, 0.2) is 9.84 Å². The highest BCUT2D eigenvalue weighted by Crippen LogP contribution is 2.50. The zero-order chi connectivity index (χ0) is 24.8. The third-order valence-corrected chi connectivity index (χ3v) is 9.66. The fourth-order valence-electron chi connectivity index (χ4n) is 4.13. The van der Waals surface area contributed by atoms with Crippen molar-refractivity contribution in [3.8, 4) is 11.9 Å². The number of fused-ring (bicyclic) bond motifs is 1. The van der Waals surface area contributed by atoms with E-state index in [9.17, 15) is 18.0 Å². The van der Waals surface area contributed by atoms with Gasteiger partial charge in [0, 0.05) is 31.4 Å². The maximum absolute atomic E-state index is 13.0. The number of carbonyl (C=O) groups is 1. The normalized spacial score (nSPS) is 16.5. The molecule has 1 N–H and O–H groups in total. The van der Waals surface area contributed by atoms with Crippen molar-refractivity contribution < 1.29 is 17.9 Å². The molecule has 11 heteroatoms. The van der Waals surface area contributed by atoms with E-state index in [0.717, 1.165) is 0 Å². The molecule has 0 saturated heterocycles. The number of rotatable bonds is 8. The summed E-state index contributed by atoms with van der Waals surface area (Å²) in [5, 5.41) is 11.8. The Labute approximate surface area is 201 Å². The summed E-state index contributed by atoms with van der Waals surface area (Å²) in [6, 6.07) is 8.29. The Morgan fingerprint density at radius 1 is 1.29 bits per heavy atom. The monoisotopic (exact) mass is 493 g/mol. The highest BCUT2D eigenvalue weighted by Gasteiger charge is 2.60. The van der Waals surface area contributed by atoms with Gasteiger partial charge < -0.3 is 14.6 Å². The standard InChI is InChI=1S/C24H23N5O5S/c1-29-20-16(6-9-26-22(20)34-14-24(7-8-24)35(32,33)18-4-5-18)10-19(23(29)31)21(30)28-13-15-2-3-17(11-25)27-12-15/h2-3,6,9-10,12,18H,4-5,7-8,13-14H2,1H3,(H,28,30). The van der Waals surface area contributed by atoms with E-state index in [1.54, 1.807) is 18.2 Å². The van der Waals surface area contributed by atoms with Gasteiger partial charge in [-0.1, -0.05) is 6.07 Å². The van der Waals surface area contributed by atoms with E-state index in [2.05, 4.69) is 15.3 Å². The molecule has 0 atom stereocenters. The van der Waals surface area contributed by atoms with Crippen molar-refractivity contribution in [3.63, 3.8) is 0 Å². The fourth-order valence-corrected chi connectivity index (χ4v) is 6.48. The first-order valence-electron chi connectivity index (χ1n) is 11.2. The molecule has 3 heterocycles. The van der Waals surface area contributed by atoms with Crippen LogP contribution < -0.4 is 15.6 Å². The van der Waals surface area contributed by atoms with Crippen LogP contribution in [0.5, 0.6) is 5.88 Å². The van der Waals surface area contributed by atoms with Gasteiger partial charge in [0.2, 0.25) is 5.88 Å². The third-order valence-electron chi connectivity index (χ3n) is 6.58. The number of hydrogen-bond acceptors (Lipinski definition) is 8. The van der Waals surface area contributed by atoms with Crippen LogP contribution in [0.4, 0.5) is 0 Å². The van der Waals surface area contributed by atoms with Crippen LogP contribution in [0.2, 0.25) is 0 Å². The van der Waals surface area contributed by atoms with E-state index >= 15 is 0 Å². The summed E-state index contributed by atoms with van der Waals surface area (Å²) in [5.74, 6) is -0.390. The van der Waals surface area contributed by atoms with Gasteiger partial charge >= 0.3 is 0 Å². The highest BCUT2D eigenvalue weighted by atomic mass is 32.2. The molecule has 2 saturated carbocycles. The molecule has 2 aliphatic carbocycles. The van der Waals surface area contributed by atoms with Crippen LogP contribution in [0.25, 0.3) is 10.9 Å². The molecule has 3 aromatic rings. The molecule has 10 nitrogen and oxygen atoms in total. The van der Waals surface area contributed by atoms with Crippen molar-refractivity contribution >= 4 is 26.6 Å². The summed E-state index contributed by atoms with van der Waals surface area (Å²) in [7, 11) is -1.72. The summed E-state index contributed by atoms with van der Waals surface area (Å²) in [5.41, 5.74) is 0.772. The van der Waals surface area contributed by atoms with Crippen molar-refractivity contribution in [2.75, 3.05) is 6.61 Å². The molecule has 0 spiro atoms. The minimum Gasteiger partial charge on any atom is -0.474 e. The quantitative estimate of drug-likeness (QED) is 0.498. The summed E-state index contributed by atoms with van der Waals surface area (Å²) in [6.07, 6.45) is 5.53. The van der Waals surface area contributed by atoms with E-state index in [1.165, 1.54) is 30.1 Å². The van der Waals surface area contributed by atoms with Crippen LogP contribution >= 0.6 is 0 Å². The second-order valence-corrected chi connectivity index (χ2v) is 11.7. The molecule has 0 aliphatic heterocycles. The molecule has 2 fully saturated rings. The van der Waals surface area contributed by atoms with Gasteiger partial charge in [0.25, 0.3) is 11.5 Å². The molecule has 5 rings (SSSR count). The molecule has 35 heavy (non-hydrogen) atoms. The zero-order valence-electron chi connectivity index (χ0n) is 19.0. The molecule has 180 valence electrons. The molecule has 0 radical (unpaired) electrons. The van der Waals surface area contributed by atoms with Gasteiger partial charge in [-0.25, -0.2) is 18.4 Å². The first-order chi connectivity index (χ1) is 16.8. The molecule has 2 aliphatic rings. The number of aromatic nitrogens is 3. The van der Waals surface area contributed by atoms with Gasteiger partial charge in [-0.15, -0.1) is 0 Å². The van der Waals surface area contributed by atoms with Gasteiger partial charge in [-0.2, -0.15) is 5.26 Å². The smallest absolute Gasteiger partial charge is 0.263 e. The Bertz CT molecular complexity index is 1530. The summed E-state index contributed by atoms with van der Waals surface area (Å²) >= 11 is 0. The number of hydrogen-bond donors (Lipinski definition) is 1. The summed E-state index contributed by atoms with van der Waals surface area (Å²) in [6.45, 7) is 0.133. The van der Waals surface area contributed by atoms with Crippen LogP contribution in [0, 0.1) is 11.3 Å². The van der Waals surface area contributed by atoms with Crippen molar-refractivity contribution in [3.05, 3.63) is 63.8 Å². The predicted octanol–water partition coefficient (Wildman–Crippen LogP) is 1.62.